The molecule has 19 heavy (non-hydrogen) atoms. The molecule has 2 N–H and O–H groups in total. The fourth-order valence-corrected chi connectivity index (χ4v) is 1.82. The molecular weight excluding hydrogens is 240 g/mol. The number of hydrogen-bond acceptors (Lipinski definition) is 2. The molecule has 5 heteroatoms. The van der Waals surface area contributed by atoms with Gasteiger partial charge in [-0.05, 0) is 30.9 Å². The van der Waals surface area contributed by atoms with E-state index in [0.717, 1.165) is 44.7 Å². The van der Waals surface area contributed by atoms with E-state index in [4.69, 9.17) is 4.74 Å². The summed E-state index contributed by atoms with van der Waals surface area (Å²) in [4.78, 5) is 4.18. The van der Waals surface area contributed by atoms with Gasteiger partial charge in [-0.1, -0.05) is 0 Å². The van der Waals surface area contributed by atoms with Gasteiger partial charge in [0.15, 0.2) is 5.96 Å². The summed E-state index contributed by atoms with van der Waals surface area (Å²) < 4.78 is 7.70. The molecule has 1 fully saturated rings. The zero-order chi connectivity index (χ0) is 13.3. The molecule has 2 rings (SSSR count). The van der Waals surface area contributed by atoms with Crippen LogP contribution in [0.3, 0.4) is 0 Å². The minimum absolute atomic E-state index is 0.745. The van der Waals surface area contributed by atoms with Gasteiger partial charge in [0.2, 0.25) is 0 Å². The lowest BCUT2D eigenvalue weighted by atomic mass is 10.5. The molecule has 1 aliphatic rings. The number of guanidine groups is 1. The number of nitrogens with zero attached hydrogens (tertiary/aromatic N) is 2. The molecule has 1 saturated carbocycles. The standard InChI is InChI=1S/C14H24N4O/c1-15-14(16-6-10-18-8-2-3-9-18)17-7-11-19-12-13-4-5-13/h2-3,8-9,13H,4-7,10-12H2,1H3,(H2,15,16,17). The van der Waals surface area contributed by atoms with E-state index in [-0.39, 0.29) is 0 Å². The number of aliphatic imine (C=N–C) groups is 1. The first kappa shape index (κ1) is 13.9. The molecule has 0 bridgehead atoms. The number of nitrogens with one attached hydrogen (secondary N) is 2. The second-order valence-electron chi connectivity index (χ2n) is 4.86. The third kappa shape index (κ3) is 5.79. The van der Waals surface area contributed by atoms with Crippen molar-refractivity contribution < 1.29 is 4.74 Å². The highest BCUT2D eigenvalue weighted by Crippen LogP contribution is 2.28. The smallest absolute Gasteiger partial charge is 0.191 e. The molecule has 1 heterocycles. The largest absolute Gasteiger partial charge is 0.379 e. The normalized spacial score (nSPS) is 15.5. The minimum Gasteiger partial charge on any atom is -0.379 e. The van der Waals surface area contributed by atoms with E-state index in [2.05, 4.69) is 32.6 Å². The van der Waals surface area contributed by atoms with Gasteiger partial charge in [-0.15, -0.1) is 0 Å². The Kier molecular flexibility index (Phi) is 5.75. The van der Waals surface area contributed by atoms with Crippen LogP contribution in [-0.4, -0.2) is 43.9 Å². The van der Waals surface area contributed by atoms with Crippen LogP contribution in [0, 0.1) is 5.92 Å². The van der Waals surface area contributed by atoms with Crippen LogP contribution in [0.15, 0.2) is 29.5 Å². The van der Waals surface area contributed by atoms with Crippen LogP contribution in [-0.2, 0) is 11.3 Å². The maximum atomic E-state index is 5.57. The summed E-state index contributed by atoms with van der Waals surface area (Å²) in [6, 6.07) is 4.06. The van der Waals surface area contributed by atoms with E-state index < -0.39 is 0 Å². The second-order valence-corrected chi connectivity index (χ2v) is 4.86. The van der Waals surface area contributed by atoms with Crippen LogP contribution >= 0.6 is 0 Å². The molecule has 0 unspecified atom stereocenters. The van der Waals surface area contributed by atoms with Crippen LogP contribution in [0.2, 0.25) is 0 Å². The quantitative estimate of drug-likeness (QED) is 0.420. The van der Waals surface area contributed by atoms with Gasteiger partial charge in [-0.3, -0.25) is 4.99 Å². The van der Waals surface area contributed by atoms with Gasteiger partial charge in [-0.25, -0.2) is 0 Å². The number of aromatic nitrogens is 1. The summed E-state index contributed by atoms with van der Waals surface area (Å²) >= 11 is 0. The Labute approximate surface area is 115 Å². The highest BCUT2D eigenvalue weighted by Gasteiger charge is 2.20. The monoisotopic (exact) mass is 264 g/mol. The minimum atomic E-state index is 0.745. The average Bonchev–Trinajstić information content (AvgIpc) is 3.10. The van der Waals surface area contributed by atoms with Gasteiger partial charge < -0.3 is 19.9 Å². The molecule has 0 spiro atoms. The van der Waals surface area contributed by atoms with Crippen LogP contribution in [0.5, 0.6) is 0 Å². The number of rotatable bonds is 8. The molecule has 1 aromatic rings. The molecule has 1 aliphatic carbocycles. The molecule has 0 atom stereocenters. The van der Waals surface area contributed by atoms with Gasteiger partial charge in [0.25, 0.3) is 0 Å². The van der Waals surface area contributed by atoms with Gasteiger partial charge in [0, 0.05) is 45.7 Å². The number of hydrogen-bond donors (Lipinski definition) is 2. The Bertz CT molecular complexity index is 371. The van der Waals surface area contributed by atoms with E-state index in [9.17, 15) is 0 Å². The summed E-state index contributed by atoms with van der Waals surface area (Å²) in [6.45, 7) is 4.26. The van der Waals surface area contributed by atoms with Crippen molar-refractivity contribution >= 4 is 5.96 Å². The molecule has 1 aromatic heterocycles. The first-order chi connectivity index (χ1) is 9.38. The molecule has 5 nitrogen and oxygen atoms in total. The lowest BCUT2D eigenvalue weighted by Gasteiger charge is -2.12. The SMILES string of the molecule is CN=C(NCCOCC1CC1)NCCn1cccc1. The van der Waals surface area contributed by atoms with Crippen molar-refractivity contribution in [1.82, 2.24) is 15.2 Å². The highest BCUT2D eigenvalue weighted by atomic mass is 16.5. The third-order valence-corrected chi connectivity index (χ3v) is 3.14. The van der Waals surface area contributed by atoms with Crippen molar-refractivity contribution in [3.05, 3.63) is 24.5 Å². The molecule has 106 valence electrons. The summed E-state index contributed by atoms with van der Waals surface area (Å²) in [6.07, 6.45) is 6.80. The van der Waals surface area contributed by atoms with Gasteiger partial charge in [0.05, 0.1) is 6.61 Å². The second kappa shape index (κ2) is 7.84. The van der Waals surface area contributed by atoms with Gasteiger partial charge >= 0.3 is 0 Å². The number of ether oxygens (including phenoxy) is 1. The Morgan fingerprint density at radius 2 is 2.00 bits per heavy atom. The Balaban J connectivity index is 1.50. The van der Waals surface area contributed by atoms with Crippen LogP contribution in [0.25, 0.3) is 0 Å². The topological polar surface area (TPSA) is 50.6 Å². The van der Waals surface area contributed by atoms with E-state index in [1.807, 2.05) is 12.1 Å². The third-order valence-electron chi connectivity index (χ3n) is 3.14. The maximum Gasteiger partial charge on any atom is 0.191 e. The van der Waals surface area contributed by atoms with Gasteiger partial charge in [0.1, 0.15) is 0 Å². The average molecular weight is 264 g/mol. The lowest BCUT2D eigenvalue weighted by Crippen LogP contribution is -2.40. The van der Waals surface area contributed by atoms with Crippen molar-refractivity contribution in [2.24, 2.45) is 10.9 Å². The lowest BCUT2D eigenvalue weighted by molar-refractivity contribution is 0.129. The van der Waals surface area contributed by atoms with Crippen LogP contribution < -0.4 is 10.6 Å². The molecule has 0 aromatic carbocycles. The summed E-state index contributed by atoms with van der Waals surface area (Å²) in [5, 5.41) is 6.53. The van der Waals surface area contributed by atoms with Gasteiger partial charge in [-0.2, -0.15) is 0 Å². The van der Waals surface area contributed by atoms with E-state index in [1.165, 1.54) is 12.8 Å². The predicted octanol–water partition coefficient (Wildman–Crippen LogP) is 1.08. The van der Waals surface area contributed by atoms with E-state index in [1.54, 1.807) is 7.05 Å². The summed E-state index contributed by atoms with van der Waals surface area (Å²) in [5.41, 5.74) is 0. The van der Waals surface area contributed by atoms with Crippen molar-refractivity contribution in [3.8, 4) is 0 Å². The molecule has 0 saturated heterocycles. The molecule has 0 radical (unpaired) electrons. The van der Waals surface area contributed by atoms with Crippen molar-refractivity contribution in [2.75, 3.05) is 33.4 Å². The fourth-order valence-electron chi connectivity index (χ4n) is 1.82. The Morgan fingerprint density at radius 1 is 1.26 bits per heavy atom. The van der Waals surface area contributed by atoms with E-state index in [0.29, 0.717) is 0 Å². The molecular formula is C14H24N4O. The Hall–Kier alpha value is -1.49. The van der Waals surface area contributed by atoms with Crippen molar-refractivity contribution in [1.29, 1.82) is 0 Å². The maximum absolute atomic E-state index is 5.57. The first-order valence-corrected chi connectivity index (χ1v) is 7.01. The predicted molar refractivity (Wildman–Crippen MR) is 77.3 cm³/mol. The molecule has 0 amide bonds. The summed E-state index contributed by atoms with van der Waals surface area (Å²) in [7, 11) is 1.79. The Morgan fingerprint density at radius 3 is 2.68 bits per heavy atom. The van der Waals surface area contributed by atoms with E-state index >= 15 is 0 Å². The van der Waals surface area contributed by atoms with Crippen LogP contribution in [0.1, 0.15) is 12.8 Å². The van der Waals surface area contributed by atoms with Crippen molar-refractivity contribution in [2.45, 2.75) is 19.4 Å². The first-order valence-electron chi connectivity index (χ1n) is 7.01. The summed E-state index contributed by atoms with van der Waals surface area (Å²) in [5.74, 6) is 1.67. The molecule has 0 aliphatic heterocycles. The van der Waals surface area contributed by atoms with Crippen LogP contribution in [0.4, 0.5) is 0 Å². The zero-order valence-electron chi connectivity index (χ0n) is 11.6. The fraction of sp³-hybridized carbons (Fsp3) is 0.643. The zero-order valence-corrected chi connectivity index (χ0v) is 11.6. The highest BCUT2D eigenvalue weighted by molar-refractivity contribution is 5.79. The van der Waals surface area contributed by atoms with Crippen molar-refractivity contribution in [3.63, 3.8) is 0 Å².